The van der Waals surface area contributed by atoms with E-state index in [1.165, 1.54) is 0 Å². The third-order valence-corrected chi connectivity index (χ3v) is 5.12. The molecule has 0 amide bonds. The first-order chi connectivity index (χ1) is 20.8. The average Bonchev–Trinajstić information content (AvgIpc) is 3.00. The fraction of sp³-hybridized carbons (Fsp3) is 0.947. The Morgan fingerprint density at radius 2 is 0.558 bits per heavy atom. The molecule has 0 aromatic carbocycles. The van der Waals surface area contributed by atoms with Crippen LogP contribution in [0.4, 0.5) is 0 Å². The highest BCUT2D eigenvalue weighted by molar-refractivity contribution is 5.49. The first kappa shape index (κ1) is 79.6. The van der Waals surface area contributed by atoms with Crippen molar-refractivity contribution in [2.45, 2.75) is 99.3 Å². The number of hydrogen-bond donors (Lipinski definition) is 0. The Bertz CT molecular complexity index is 548. The summed E-state index contributed by atoms with van der Waals surface area (Å²) in [5.41, 5.74) is 0. The van der Waals surface area contributed by atoms with E-state index in [1.54, 1.807) is 14.2 Å². The summed E-state index contributed by atoms with van der Waals surface area (Å²) in [6.07, 6.45) is 1.75. The Labute approximate surface area is 324 Å². The molecule has 0 radical (unpaired) electrons. The minimum absolute atomic E-state index is 0. The van der Waals surface area contributed by atoms with Gasteiger partial charge in [0.15, 0.2) is 0 Å². The molecule has 0 N–H and O–H groups in total. The highest BCUT2D eigenvalue weighted by Crippen LogP contribution is 2.00. The molecule has 0 aromatic heterocycles. The molecule has 14 nitrogen and oxygen atoms in total. The van der Waals surface area contributed by atoms with E-state index in [1.807, 2.05) is 0 Å². The molecule has 0 spiro atoms. The zero-order valence-electron chi connectivity index (χ0n) is 25.6. The molecule has 0 fully saturated rings. The average molecular weight is 775 g/mol. The van der Waals surface area contributed by atoms with Gasteiger partial charge >= 0.3 is 0 Å². The maximum atomic E-state index is 10.4. The van der Waals surface area contributed by atoms with Gasteiger partial charge in [-0.2, -0.15) is 0 Å². The molecular formula is C38H94O14. The van der Waals surface area contributed by atoms with Gasteiger partial charge in [0.25, 0.3) is 0 Å². The molecule has 0 aromatic rings. The van der Waals surface area contributed by atoms with Crippen molar-refractivity contribution in [2.75, 3.05) is 146 Å². The zero-order chi connectivity index (χ0) is 30.6. The Balaban J connectivity index is -0.000000187. The van der Waals surface area contributed by atoms with Crippen LogP contribution >= 0.6 is 0 Å². The van der Waals surface area contributed by atoms with E-state index in [4.69, 9.17) is 56.8 Å². The monoisotopic (exact) mass is 775 g/mol. The second kappa shape index (κ2) is 71.3. The maximum absolute atomic E-state index is 10.4. The molecule has 14 heteroatoms. The predicted octanol–water partition coefficient (Wildman–Crippen LogP) is 6.72. The Hall–Kier alpha value is -1.14. The first-order valence-electron chi connectivity index (χ1n) is 14.5. The number of rotatable bonds is 37. The zero-order valence-corrected chi connectivity index (χ0v) is 25.6. The Morgan fingerprint density at radius 1 is 0.327 bits per heavy atom. The second-order valence-corrected chi connectivity index (χ2v) is 8.63. The summed E-state index contributed by atoms with van der Waals surface area (Å²) in [4.78, 5) is 20.7. The van der Waals surface area contributed by atoms with Gasteiger partial charge in [0, 0.05) is 27.1 Å². The molecule has 2 unspecified atom stereocenters. The van der Waals surface area contributed by atoms with Crippen molar-refractivity contribution in [1.82, 2.24) is 0 Å². The molecule has 2 atom stereocenters. The van der Waals surface area contributed by atoms with Gasteiger partial charge in [-0.15, -0.1) is 0 Å². The lowest BCUT2D eigenvalue weighted by Crippen LogP contribution is -2.30. The molecule has 0 saturated heterocycles. The molecule has 0 bridgehead atoms. The van der Waals surface area contributed by atoms with Gasteiger partial charge in [-0.25, -0.2) is 0 Å². The molecular weight excluding hydrogens is 680 g/mol. The molecule has 330 valence electrons. The van der Waals surface area contributed by atoms with Gasteiger partial charge < -0.3 is 66.4 Å². The van der Waals surface area contributed by atoms with Crippen LogP contribution in [0.15, 0.2) is 0 Å². The SMILES string of the molecule is C.C.C.C.C.C.C.C.C.C.COCCOCCOCC(COCCOCC(COCCOCCC=O)OCCOCCC=O)OCCOCCOC. The van der Waals surface area contributed by atoms with Crippen molar-refractivity contribution in [3.8, 4) is 0 Å². The van der Waals surface area contributed by atoms with Crippen molar-refractivity contribution in [3.63, 3.8) is 0 Å². The number of carbonyl (C=O) groups excluding carboxylic acids is 2. The van der Waals surface area contributed by atoms with E-state index in [0.29, 0.717) is 145 Å². The normalized spacial score (nSPS) is 10.4. The second-order valence-electron chi connectivity index (χ2n) is 8.63. The van der Waals surface area contributed by atoms with Gasteiger partial charge in [0.05, 0.1) is 132 Å². The highest BCUT2D eigenvalue weighted by atomic mass is 16.6. The fourth-order valence-electron chi connectivity index (χ4n) is 3.00. The van der Waals surface area contributed by atoms with Gasteiger partial charge in [-0.1, -0.05) is 74.3 Å². The van der Waals surface area contributed by atoms with Crippen LogP contribution in [0.2, 0.25) is 0 Å². The Morgan fingerprint density at radius 3 is 0.827 bits per heavy atom. The van der Waals surface area contributed by atoms with E-state index < -0.39 is 0 Å². The van der Waals surface area contributed by atoms with Gasteiger partial charge in [0.1, 0.15) is 24.8 Å². The molecule has 0 aliphatic heterocycles. The quantitative estimate of drug-likeness (QED) is 0.0486. The lowest BCUT2D eigenvalue weighted by atomic mass is 10.4. The molecule has 0 saturated carbocycles. The van der Waals surface area contributed by atoms with Crippen molar-refractivity contribution in [3.05, 3.63) is 0 Å². The lowest BCUT2D eigenvalue weighted by molar-refractivity contribution is -0.110. The van der Waals surface area contributed by atoms with E-state index in [-0.39, 0.29) is 86.5 Å². The van der Waals surface area contributed by atoms with Crippen molar-refractivity contribution in [2.24, 2.45) is 0 Å². The summed E-state index contributed by atoms with van der Waals surface area (Å²) < 4.78 is 65.9. The van der Waals surface area contributed by atoms with Crippen LogP contribution in [-0.4, -0.2) is 171 Å². The summed E-state index contributed by atoms with van der Waals surface area (Å²) in [6, 6.07) is 0. The Kier molecular flexibility index (Phi) is 109. The van der Waals surface area contributed by atoms with E-state index in [0.717, 1.165) is 12.6 Å². The molecule has 0 rings (SSSR count). The number of aldehydes is 2. The van der Waals surface area contributed by atoms with Gasteiger partial charge in [0.2, 0.25) is 0 Å². The molecule has 52 heavy (non-hydrogen) atoms. The fourth-order valence-corrected chi connectivity index (χ4v) is 3.00. The summed E-state index contributed by atoms with van der Waals surface area (Å²) >= 11 is 0. The van der Waals surface area contributed by atoms with E-state index in [9.17, 15) is 9.59 Å². The van der Waals surface area contributed by atoms with Crippen LogP contribution in [-0.2, 0) is 66.4 Å². The van der Waals surface area contributed by atoms with Crippen LogP contribution < -0.4 is 0 Å². The number of ether oxygens (including phenoxy) is 12. The topological polar surface area (TPSA) is 145 Å². The molecule has 0 aliphatic carbocycles. The summed E-state index contributed by atoms with van der Waals surface area (Å²) in [5, 5.41) is 0. The molecule has 0 aliphatic rings. The third kappa shape index (κ3) is 63.9. The maximum Gasteiger partial charge on any atom is 0.122 e. The summed E-state index contributed by atoms with van der Waals surface area (Å²) in [7, 11) is 3.25. The minimum Gasteiger partial charge on any atom is -0.382 e. The highest BCUT2D eigenvalue weighted by Gasteiger charge is 2.12. The standard InChI is InChI=1S/C28H54O14.10CH4/c1-31-9-11-35-14-16-38-24-28(42-22-20-36-12-10-32-2)26-40-18-17-39-25-27(41-21-19-34-8-4-6-30)23-37-15-13-33-7-3-5-29;;;;;;;;;;/h5-6,27-28H,3-4,7-26H2,1-2H3;10*1H4. The molecule has 0 heterocycles. The van der Waals surface area contributed by atoms with Crippen molar-refractivity contribution < 1.29 is 66.4 Å². The van der Waals surface area contributed by atoms with Crippen LogP contribution in [0.1, 0.15) is 87.1 Å². The number of methoxy groups -OCH3 is 2. The summed E-state index contributed by atoms with van der Waals surface area (Å²) in [6.45, 7) is 8.05. The van der Waals surface area contributed by atoms with Gasteiger partial charge in [-0.3, -0.25) is 0 Å². The smallest absolute Gasteiger partial charge is 0.122 e. The van der Waals surface area contributed by atoms with Crippen LogP contribution in [0.5, 0.6) is 0 Å². The first-order valence-corrected chi connectivity index (χ1v) is 14.5. The minimum atomic E-state index is -0.316. The van der Waals surface area contributed by atoms with Gasteiger partial charge in [-0.05, 0) is 0 Å². The van der Waals surface area contributed by atoms with Crippen molar-refractivity contribution in [1.29, 1.82) is 0 Å². The lowest BCUT2D eigenvalue weighted by Gasteiger charge is -2.20. The largest absolute Gasteiger partial charge is 0.382 e. The summed E-state index contributed by atoms with van der Waals surface area (Å²) in [5.74, 6) is 0. The number of hydrogen-bond acceptors (Lipinski definition) is 14. The predicted molar refractivity (Wildman–Crippen MR) is 218 cm³/mol. The van der Waals surface area contributed by atoms with Crippen LogP contribution in [0.25, 0.3) is 0 Å². The van der Waals surface area contributed by atoms with E-state index in [2.05, 4.69) is 0 Å². The van der Waals surface area contributed by atoms with Crippen molar-refractivity contribution >= 4 is 12.6 Å². The number of carbonyl (C=O) groups is 2. The third-order valence-electron chi connectivity index (χ3n) is 5.12. The van der Waals surface area contributed by atoms with Crippen LogP contribution in [0, 0.1) is 0 Å². The van der Waals surface area contributed by atoms with Crippen LogP contribution in [0.3, 0.4) is 0 Å². The van der Waals surface area contributed by atoms with E-state index >= 15 is 0 Å².